The molecule has 3 heteroatoms. The van der Waals surface area contributed by atoms with Gasteiger partial charge in [-0.2, -0.15) is 0 Å². The number of rotatable bonds is 2. The summed E-state index contributed by atoms with van der Waals surface area (Å²) < 4.78 is 11.9. The van der Waals surface area contributed by atoms with Crippen molar-refractivity contribution in [3.63, 3.8) is 0 Å². The number of halogens is 1. The molecule has 25 heavy (non-hydrogen) atoms. The number of benzene rings is 2. The van der Waals surface area contributed by atoms with E-state index in [1.54, 1.807) is 23.8 Å². The zero-order valence-electron chi connectivity index (χ0n) is 15.4. The lowest BCUT2D eigenvalue weighted by Gasteiger charge is -2.40. The summed E-state index contributed by atoms with van der Waals surface area (Å²) in [5, 5.41) is 0. The number of fused-ring (bicyclic) bond motifs is 1. The average molecular weight is 340 g/mol. The van der Waals surface area contributed by atoms with Crippen molar-refractivity contribution >= 4 is 5.69 Å². The van der Waals surface area contributed by atoms with E-state index in [0.717, 1.165) is 6.04 Å². The van der Waals surface area contributed by atoms with E-state index in [1.165, 1.54) is 56.7 Å². The molecule has 0 amide bonds. The first kappa shape index (κ1) is 17.9. The van der Waals surface area contributed by atoms with Crippen molar-refractivity contribution in [2.75, 3.05) is 24.5 Å². The fraction of sp³-hybridized carbons (Fsp3) is 0.455. The highest BCUT2D eigenvalue weighted by Gasteiger charge is 2.32. The predicted molar refractivity (Wildman–Crippen MR) is 104 cm³/mol. The fourth-order valence-electron chi connectivity index (χ4n) is 4.07. The summed E-state index contributed by atoms with van der Waals surface area (Å²) in [7, 11) is 0. The lowest BCUT2D eigenvalue weighted by molar-refractivity contribution is 0.216. The number of hydrogen-bond acceptors (Lipinski definition) is 2. The molecular formula is C22H29FN2. The number of anilines is 1. The number of likely N-dealkylation sites (tertiary alicyclic amines) is 1. The Morgan fingerprint density at radius 3 is 2.20 bits per heavy atom. The van der Waals surface area contributed by atoms with Crippen molar-refractivity contribution in [3.8, 4) is 0 Å². The van der Waals surface area contributed by atoms with E-state index >= 15 is 0 Å². The fourth-order valence-corrected chi connectivity index (χ4v) is 4.07. The average Bonchev–Trinajstić information content (AvgIpc) is 2.99. The Bertz CT molecular complexity index is 650. The molecule has 0 N–H and O–H groups in total. The van der Waals surface area contributed by atoms with Crippen molar-refractivity contribution < 1.29 is 4.39 Å². The molecule has 1 atom stereocenters. The van der Waals surface area contributed by atoms with Crippen LogP contribution in [0.2, 0.25) is 0 Å². The SMILES string of the molecule is CCN1CCC(N2c3ccccc3CC2C)CC1.Fc1ccccc1. The van der Waals surface area contributed by atoms with Crippen LogP contribution in [0.15, 0.2) is 54.6 Å². The van der Waals surface area contributed by atoms with Gasteiger partial charge in [0.15, 0.2) is 0 Å². The van der Waals surface area contributed by atoms with Gasteiger partial charge in [0.05, 0.1) is 0 Å². The standard InChI is InChI=1S/C16H24N2.C6H5F/c1-3-17-10-8-15(9-11-17)18-13(2)12-14-6-4-5-7-16(14)18;7-6-4-2-1-3-5-6/h4-7,13,15H,3,8-12H2,1-2H3;1-5H. The van der Waals surface area contributed by atoms with Gasteiger partial charge in [-0.05, 0) is 56.5 Å². The van der Waals surface area contributed by atoms with Crippen LogP contribution >= 0.6 is 0 Å². The summed E-state index contributed by atoms with van der Waals surface area (Å²) in [6.45, 7) is 8.40. The van der Waals surface area contributed by atoms with Crippen LogP contribution < -0.4 is 4.90 Å². The Labute approximate surface area is 151 Å². The normalized spacial score (nSPS) is 20.8. The number of piperidine rings is 1. The highest BCUT2D eigenvalue weighted by atomic mass is 19.1. The number of para-hydroxylation sites is 1. The summed E-state index contributed by atoms with van der Waals surface area (Å²) in [6, 6.07) is 18.3. The van der Waals surface area contributed by atoms with Gasteiger partial charge in [0.25, 0.3) is 0 Å². The van der Waals surface area contributed by atoms with Gasteiger partial charge in [-0.3, -0.25) is 0 Å². The molecule has 2 aromatic rings. The quantitative estimate of drug-likeness (QED) is 0.778. The van der Waals surface area contributed by atoms with Crippen LogP contribution in [0.1, 0.15) is 32.3 Å². The van der Waals surface area contributed by atoms with E-state index < -0.39 is 0 Å². The molecule has 2 heterocycles. The Morgan fingerprint density at radius 2 is 1.60 bits per heavy atom. The Morgan fingerprint density at radius 1 is 0.960 bits per heavy atom. The summed E-state index contributed by atoms with van der Waals surface area (Å²) in [6.07, 6.45) is 3.88. The van der Waals surface area contributed by atoms with E-state index in [9.17, 15) is 4.39 Å². The minimum atomic E-state index is -0.178. The second-order valence-corrected chi connectivity index (χ2v) is 7.05. The monoisotopic (exact) mass is 340 g/mol. The Hall–Kier alpha value is -1.87. The summed E-state index contributed by atoms with van der Waals surface area (Å²) in [5.41, 5.74) is 3.04. The first-order valence-corrected chi connectivity index (χ1v) is 9.48. The molecule has 0 radical (unpaired) electrons. The third-order valence-corrected chi connectivity index (χ3v) is 5.39. The van der Waals surface area contributed by atoms with Crippen LogP contribution in [-0.2, 0) is 6.42 Å². The molecule has 2 aliphatic rings. The second-order valence-electron chi connectivity index (χ2n) is 7.05. The maximum Gasteiger partial charge on any atom is 0.123 e. The molecule has 134 valence electrons. The van der Waals surface area contributed by atoms with Crippen LogP contribution in [0.4, 0.5) is 10.1 Å². The molecular weight excluding hydrogens is 311 g/mol. The molecule has 4 rings (SSSR count). The smallest absolute Gasteiger partial charge is 0.123 e. The molecule has 2 nitrogen and oxygen atoms in total. The highest BCUT2D eigenvalue weighted by Crippen LogP contribution is 2.35. The van der Waals surface area contributed by atoms with Gasteiger partial charge in [0.1, 0.15) is 5.82 Å². The summed E-state index contributed by atoms with van der Waals surface area (Å²) >= 11 is 0. The topological polar surface area (TPSA) is 6.48 Å². The van der Waals surface area contributed by atoms with Crippen molar-refractivity contribution in [2.45, 2.75) is 45.2 Å². The molecule has 0 aliphatic carbocycles. The van der Waals surface area contributed by atoms with Crippen molar-refractivity contribution in [1.82, 2.24) is 4.90 Å². The van der Waals surface area contributed by atoms with E-state index in [-0.39, 0.29) is 5.82 Å². The van der Waals surface area contributed by atoms with Crippen LogP contribution in [0, 0.1) is 5.82 Å². The molecule has 1 unspecified atom stereocenters. The van der Waals surface area contributed by atoms with Crippen LogP contribution in [0.25, 0.3) is 0 Å². The minimum Gasteiger partial charge on any atom is -0.365 e. The van der Waals surface area contributed by atoms with E-state index in [4.69, 9.17) is 0 Å². The van der Waals surface area contributed by atoms with Crippen molar-refractivity contribution in [1.29, 1.82) is 0 Å². The van der Waals surface area contributed by atoms with E-state index in [0.29, 0.717) is 6.04 Å². The van der Waals surface area contributed by atoms with Crippen molar-refractivity contribution in [2.24, 2.45) is 0 Å². The van der Waals surface area contributed by atoms with Crippen molar-refractivity contribution in [3.05, 3.63) is 66.0 Å². The lowest BCUT2D eigenvalue weighted by Crippen LogP contribution is -2.47. The molecule has 0 saturated carbocycles. The van der Waals surface area contributed by atoms with Gasteiger partial charge >= 0.3 is 0 Å². The zero-order valence-corrected chi connectivity index (χ0v) is 15.4. The molecule has 2 aliphatic heterocycles. The molecule has 1 saturated heterocycles. The molecule has 0 bridgehead atoms. The van der Waals surface area contributed by atoms with E-state index in [2.05, 4.69) is 47.9 Å². The summed E-state index contributed by atoms with van der Waals surface area (Å²) in [4.78, 5) is 5.27. The second kappa shape index (κ2) is 8.48. The Kier molecular flexibility index (Phi) is 6.09. The minimum absolute atomic E-state index is 0.178. The largest absolute Gasteiger partial charge is 0.365 e. The zero-order chi connectivity index (χ0) is 17.6. The molecule has 0 spiro atoms. The third kappa shape index (κ3) is 4.40. The van der Waals surface area contributed by atoms with Crippen LogP contribution in [0.3, 0.4) is 0 Å². The third-order valence-electron chi connectivity index (χ3n) is 5.39. The van der Waals surface area contributed by atoms with Crippen LogP contribution in [-0.4, -0.2) is 36.6 Å². The maximum absolute atomic E-state index is 11.9. The van der Waals surface area contributed by atoms with E-state index in [1.807, 2.05) is 0 Å². The molecule has 2 aromatic carbocycles. The molecule has 0 aromatic heterocycles. The van der Waals surface area contributed by atoms with Gasteiger partial charge in [-0.15, -0.1) is 0 Å². The highest BCUT2D eigenvalue weighted by molar-refractivity contribution is 5.60. The Balaban J connectivity index is 0.000000219. The van der Waals surface area contributed by atoms with Crippen LogP contribution in [0.5, 0.6) is 0 Å². The van der Waals surface area contributed by atoms with Gasteiger partial charge < -0.3 is 9.80 Å². The lowest BCUT2D eigenvalue weighted by atomic mass is 10.0. The maximum atomic E-state index is 11.9. The van der Waals surface area contributed by atoms with Gasteiger partial charge in [-0.1, -0.05) is 43.3 Å². The van der Waals surface area contributed by atoms with Gasteiger partial charge in [-0.25, -0.2) is 4.39 Å². The number of hydrogen-bond donors (Lipinski definition) is 0. The predicted octanol–water partition coefficient (Wildman–Crippen LogP) is 4.75. The first-order chi connectivity index (χ1) is 12.2. The molecule has 1 fully saturated rings. The van der Waals surface area contributed by atoms with Gasteiger partial charge in [0.2, 0.25) is 0 Å². The first-order valence-electron chi connectivity index (χ1n) is 9.48. The van der Waals surface area contributed by atoms with Gasteiger partial charge in [0, 0.05) is 30.9 Å². The summed E-state index contributed by atoms with van der Waals surface area (Å²) in [5.74, 6) is -0.178. The number of nitrogens with zero attached hydrogens (tertiary/aromatic N) is 2.